The molecule has 1 fully saturated rings. The molecule has 0 spiro atoms. The van der Waals surface area contributed by atoms with Gasteiger partial charge >= 0.3 is 0 Å². The SMILES string of the molecule is N#CCCN(CCN1CCOCC1)S(=O)(=O)c1c(Cl)cccc1Cl. The average Bonchev–Trinajstić information content (AvgIpc) is 2.55. The van der Waals surface area contributed by atoms with E-state index in [-0.39, 0.29) is 34.5 Å². The van der Waals surface area contributed by atoms with Crippen molar-refractivity contribution in [3.05, 3.63) is 28.2 Å². The van der Waals surface area contributed by atoms with Crippen LogP contribution < -0.4 is 0 Å². The monoisotopic (exact) mass is 391 g/mol. The second-order valence-electron chi connectivity index (χ2n) is 5.32. The third-order valence-electron chi connectivity index (χ3n) is 3.76. The summed E-state index contributed by atoms with van der Waals surface area (Å²) in [5.74, 6) is 0. The quantitative estimate of drug-likeness (QED) is 0.712. The van der Waals surface area contributed by atoms with E-state index >= 15 is 0 Å². The molecule has 1 aromatic rings. The van der Waals surface area contributed by atoms with Crippen molar-refractivity contribution in [1.29, 1.82) is 5.26 Å². The molecule has 2 rings (SSSR count). The van der Waals surface area contributed by atoms with Crippen molar-refractivity contribution in [2.75, 3.05) is 45.9 Å². The summed E-state index contributed by atoms with van der Waals surface area (Å²) in [7, 11) is -3.88. The number of sulfonamides is 1. The highest BCUT2D eigenvalue weighted by molar-refractivity contribution is 7.89. The molecule has 0 unspecified atom stereocenters. The Labute approximate surface area is 152 Å². The van der Waals surface area contributed by atoms with Crippen molar-refractivity contribution in [2.24, 2.45) is 0 Å². The summed E-state index contributed by atoms with van der Waals surface area (Å²) >= 11 is 12.1. The minimum absolute atomic E-state index is 0.0795. The van der Waals surface area contributed by atoms with E-state index in [0.717, 1.165) is 13.1 Å². The van der Waals surface area contributed by atoms with Gasteiger partial charge in [0, 0.05) is 39.1 Å². The highest BCUT2D eigenvalue weighted by Crippen LogP contribution is 2.31. The van der Waals surface area contributed by atoms with Gasteiger partial charge in [-0.1, -0.05) is 29.3 Å². The minimum Gasteiger partial charge on any atom is -0.379 e. The molecule has 0 aliphatic carbocycles. The number of hydrogen-bond acceptors (Lipinski definition) is 5. The van der Waals surface area contributed by atoms with Gasteiger partial charge in [0.15, 0.2) is 0 Å². The number of halogens is 2. The summed E-state index contributed by atoms with van der Waals surface area (Å²) in [4.78, 5) is 2.03. The molecular formula is C15H19Cl2N3O3S. The van der Waals surface area contributed by atoms with E-state index in [2.05, 4.69) is 4.90 Å². The van der Waals surface area contributed by atoms with Crippen molar-refractivity contribution < 1.29 is 13.2 Å². The molecule has 0 aromatic heterocycles. The number of morpholine rings is 1. The van der Waals surface area contributed by atoms with Crippen LogP contribution in [0.5, 0.6) is 0 Å². The fourth-order valence-corrected chi connectivity index (χ4v) is 4.99. The third-order valence-corrected chi connectivity index (χ3v) is 6.61. The van der Waals surface area contributed by atoms with Crippen LogP contribution in [-0.2, 0) is 14.8 Å². The maximum Gasteiger partial charge on any atom is 0.246 e. The predicted octanol–water partition coefficient (Wildman–Crippen LogP) is 2.23. The lowest BCUT2D eigenvalue weighted by Gasteiger charge is -2.29. The first-order chi connectivity index (χ1) is 11.5. The van der Waals surface area contributed by atoms with Crippen molar-refractivity contribution in [3.8, 4) is 6.07 Å². The molecule has 1 aromatic carbocycles. The Morgan fingerprint density at radius 2 is 1.83 bits per heavy atom. The van der Waals surface area contributed by atoms with Gasteiger partial charge in [-0.15, -0.1) is 0 Å². The van der Waals surface area contributed by atoms with Crippen molar-refractivity contribution in [2.45, 2.75) is 11.3 Å². The van der Waals surface area contributed by atoms with Crippen molar-refractivity contribution >= 4 is 33.2 Å². The van der Waals surface area contributed by atoms with Gasteiger partial charge < -0.3 is 4.74 Å². The van der Waals surface area contributed by atoms with Crippen molar-refractivity contribution in [3.63, 3.8) is 0 Å². The zero-order chi connectivity index (χ0) is 17.6. The van der Waals surface area contributed by atoms with Crippen molar-refractivity contribution in [1.82, 2.24) is 9.21 Å². The van der Waals surface area contributed by atoms with Crippen LogP contribution in [0.3, 0.4) is 0 Å². The Morgan fingerprint density at radius 3 is 2.42 bits per heavy atom. The van der Waals surface area contributed by atoms with Crippen LogP contribution >= 0.6 is 23.2 Å². The predicted molar refractivity (Wildman–Crippen MR) is 92.7 cm³/mol. The van der Waals surface area contributed by atoms with Crippen LogP contribution in [-0.4, -0.2) is 63.6 Å². The molecule has 0 saturated carbocycles. The summed E-state index contributed by atoms with van der Waals surface area (Å²) in [5.41, 5.74) is 0. The first-order valence-electron chi connectivity index (χ1n) is 7.58. The zero-order valence-corrected chi connectivity index (χ0v) is 15.4. The van der Waals surface area contributed by atoms with Gasteiger partial charge in [0.2, 0.25) is 10.0 Å². The van der Waals surface area contributed by atoms with E-state index in [1.807, 2.05) is 6.07 Å². The lowest BCUT2D eigenvalue weighted by molar-refractivity contribution is 0.0363. The van der Waals surface area contributed by atoms with Crippen LogP contribution in [0.15, 0.2) is 23.1 Å². The molecular weight excluding hydrogens is 373 g/mol. The molecule has 1 aliphatic rings. The third kappa shape index (κ3) is 4.82. The van der Waals surface area contributed by atoms with E-state index in [9.17, 15) is 8.42 Å². The topological polar surface area (TPSA) is 73.6 Å². The number of nitrogens with zero attached hydrogens (tertiary/aromatic N) is 3. The van der Waals surface area contributed by atoms with Gasteiger partial charge in [-0.25, -0.2) is 8.42 Å². The van der Waals surface area contributed by atoms with Gasteiger partial charge in [0.05, 0.1) is 29.3 Å². The fraction of sp³-hybridized carbons (Fsp3) is 0.533. The Morgan fingerprint density at radius 1 is 1.21 bits per heavy atom. The van der Waals surface area contributed by atoms with Crippen LogP contribution in [0.2, 0.25) is 10.0 Å². The molecule has 6 nitrogen and oxygen atoms in total. The molecule has 0 atom stereocenters. The van der Waals surface area contributed by atoms with Gasteiger partial charge in [-0.3, -0.25) is 4.90 Å². The van der Waals surface area contributed by atoms with Crippen LogP contribution in [0.4, 0.5) is 0 Å². The summed E-state index contributed by atoms with van der Waals surface area (Å²) in [6.45, 7) is 3.74. The fourth-order valence-electron chi connectivity index (χ4n) is 2.46. The summed E-state index contributed by atoms with van der Waals surface area (Å²) in [6.07, 6.45) is 0.102. The van der Waals surface area contributed by atoms with Gasteiger partial charge in [-0.05, 0) is 12.1 Å². The van der Waals surface area contributed by atoms with E-state index in [1.165, 1.54) is 16.4 Å². The number of ether oxygens (including phenoxy) is 1. The van der Waals surface area contributed by atoms with Crippen LogP contribution in [0.1, 0.15) is 6.42 Å². The summed E-state index contributed by atoms with van der Waals surface area (Å²) in [5, 5.41) is 8.99. The average molecular weight is 392 g/mol. The normalized spacial score (nSPS) is 16.2. The Bertz CT molecular complexity index is 680. The number of nitriles is 1. The Balaban J connectivity index is 2.20. The number of benzene rings is 1. The van der Waals surface area contributed by atoms with Gasteiger partial charge in [0.25, 0.3) is 0 Å². The highest BCUT2D eigenvalue weighted by atomic mass is 35.5. The first kappa shape index (κ1) is 19.4. The van der Waals surface area contributed by atoms with Crippen LogP contribution in [0.25, 0.3) is 0 Å². The second kappa shape index (κ2) is 8.99. The van der Waals surface area contributed by atoms with Gasteiger partial charge in [-0.2, -0.15) is 9.57 Å². The Hall–Kier alpha value is -0.880. The molecule has 9 heteroatoms. The van der Waals surface area contributed by atoms with E-state index in [4.69, 9.17) is 33.2 Å². The highest BCUT2D eigenvalue weighted by Gasteiger charge is 2.29. The van der Waals surface area contributed by atoms with Crippen LogP contribution in [0, 0.1) is 11.3 Å². The Kier molecular flexibility index (Phi) is 7.29. The smallest absolute Gasteiger partial charge is 0.246 e. The molecule has 0 bridgehead atoms. The maximum atomic E-state index is 13.0. The first-order valence-corrected chi connectivity index (χ1v) is 9.77. The second-order valence-corrected chi connectivity index (χ2v) is 8.01. The number of hydrogen-bond donors (Lipinski definition) is 0. The summed E-state index contributed by atoms with van der Waals surface area (Å²) < 4.78 is 32.5. The molecule has 1 aliphatic heterocycles. The molecule has 0 N–H and O–H groups in total. The van der Waals surface area contributed by atoms with E-state index in [1.54, 1.807) is 6.07 Å². The molecule has 1 saturated heterocycles. The lowest BCUT2D eigenvalue weighted by Crippen LogP contribution is -2.43. The maximum absolute atomic E-state index is 13.0. The van der Waals surface area contributed by atoms with E-state index < -0.39 is 10.0 Å². The molecule has 0 amide bonds. The molecule has 24 heavy (non-hydrogen) atoms. The standard InChI is InChI=1S/C15H19Cl2N3O3S/c16-13-3-1-4-14(17)15(13)24(21,22)20(6-2-5-18)8-7-19-9-11-23-12-10-19/h1,3-4H,2,6-12H2. The summed E-state index contributed by atoms with van der Waals surface area (Å²) in [6, 6.07) is 6.56. The number of rotatable bonds is 7. The van der Waals surface area contributed by atoms with Gasteiger partial charge in [0.1, 0.15) is 4.90 Å². The molecule has 0 radical (unpaired) electrons. The molecule has 132 valence electrons. The largest absolute Gasteiger partial charge is 0.379 e. The van der Waals surface area contributed by atoms with E-state index in [0.29, 0.717) is 19.8 Å². The minimum atomic E-state index is -3.88. The lowest BCUT2D eigenvalue weighted by atomic mass is 10.4. The molecule has 1 heterocycles. The zero-order valence-electron chi connectivity index (χ0n) is 13.1.